The molecule has 0 aliphatic carbocycles. The monoisotopic (exact) mass is 433 g/mol. The fourth-order valence-corrected chi connectivity index (χ4v) is 3.16. The predicted molar refractivity (Wildman–Crippen MR) is 103 cm³/mol. The van der Waals surface area contributed by atoms with Gasteiger partial charge in [0.2, 0.25) is 0 Å². The van der Waals surface area contributed by atoms with Crippen molar-refractivity contribution in [2.45, 2.75) is 45.3 Å². The molecule has 0 radical (unpaired) electrons. The molecule has 1 N–H and O–H groups in total. The van der Waals surface area contributed by atoms with Crippen molar-refractivity contribution in [1.29, 1.82) is 0 Å². The van der Waals surface area contributed by atoms with Crippen molar-refractivity contribution in [3.05, 3.63) is 27.4 Å². The van der Waals surface area contributed by atoms with Gasteiger partial charge in [-0.15, -0.1) is 11.3 Å². The molecule has 1 fully saturated rings. The second-order valence-electron chi connectivity index (χ2n) is 5.12. The summed E-state index contributed by atoms with van der Waals surface area (Å²) >= 11 is 0.606. The minimum Gasteiger partial charge on any atom is -0.871 e. The Bertz CT molecular complexity index is 1470. The molecule has 3 rings (SSSR count). The van der Waals surface area contributed by atoms with E-state index in [-0.39, 0.29) is 66.2 Å². The molecule has 1 aliphatic rings. The molecule has 142 valence electrons. The first-order valence-corrected chi connectivity index (χ1v) is 8.28. The standard InChI is InChI=1S/C19H27N3O3S.K/c1-13(2)22-14-7-12-26-17(14)16(23)15(19(22)25)18(24)20-8-6-11-21-9-4-3-5-10-21;/h7,12-13,23H,3-6,8-11H2,1-2H3,(H,20,24);/q;+1/p-1/i1D3,2D3,3D2,4D2,5D2,9D2,10D2,13D;/hD. The van der Waals surface area contributed by atoms with Gasteiger partial charge in [-0.05, 0) is 63.9 Å². The van der Waals surface area contributed by atoms with Gasteiger partial charge in [0.1, 0.15) is 0 Å². The zero-order chi connectivity index (χ0) is 34.4. The quantitative estimate of drug-likeness (QED) is 0.613. The van der Waals surface area contributed by atoms with E-state index in [9.17, 15) is 14.7 Å². The van der Waals surface area contributed by atoms with Gasteiger partial charge in [-0.2, -0.15) is 0 Å². The number of pyridine rings is 1. The number of hydrogen-bond donors (Lipinski definition) is 1. The first-order valence-electron chi connectivity index (χ1n) is 16.3. The Morgan fingerprint density at radius 3 is 2.93 bits per heavy atom. The van der Waals surface area contributed by atoms with Gasteiger partial charge in [-0.25, -0.2) is 0 Å². The molecule has 0 aromatic carbocycles. The van der Waals surface area contributed by atoms with Crippen LogP contribution in [0.25, 0.3) is 10.2 Å². The average molecular weight is 434 g/mol. The smallest absolute Gasteiger partial charge is 0.871 e. The summed E-state index contributed by atoms with van der Waals surface area (Å²) in [7, 11) is 0. The Balaban J connectivity index is 0.00000705. The zero-order valence-electron chi connectivity index (χ0n) is 32.3. The maximum Gasteiger partial charge on any atom is 1.00 e. The van der Waals surface area contributed by atoms with E-state index in [4.69, 9.17) is 24.7 Å². The van der Waals surface area contributed by atoms with Crippen LogP contribution in [0.4, 0.5) is 0 Å². The number of rotatable bonds is 6. The summed E-state index contributed by atoms with van der Waals surface area (Å²) in [5.41, 5.74) is -3.69. The Labute approximate surface area is 231 Å². The number of hydrogen-bond acceptors (Lipinski definition) is 5. The van der Waals surface area contributed by atoms with Crippen molar-refractivity contribution in [2.75, 3.05) is 26.1 Å². The average Bonchev–Trinajstić information content (AvgIpc) is 3.33. The number of fused-ring (bicyclic) bond motifs is 1. The van der Waals surface area contributed by atoms with Crippen molar-refractivity contribution in [3.8, 4) is 5.75 Å². The van der Waals surface area contributed by atoms with Gasteiger partial charge >= 0.3 is 51.4 Å². The van der Waals surface area contributed by atoms with Crippen LogP contribution in [0, 0.1) is 0 Å². The fraction of sp³-hybridized carbons (Fsp3) is 0.579. The van der Waals surface area contributed by atoms with Crippen LogP contribution in [-0.4, -0.2) is 41.5 Å². The third kappa shape index (κ3) is 5.23. The number of nitrogens with zero attached hydrogens (tertiary/aromatic N) is 2. The topological polar surface area (TPSA) is 77.4 Å². The van der Waals surface area contributed by atoms with E-state index in [0.29, 0.717) is 11.3 Å². The van der Waals surface area contributed by atoms with Gasteiger partial charge < -0.3 is 19.9 Å². The maximum atomic E-state index is 13.5. The first-order chi connectivity index (χ1) is 19.5. The Hall–Kier alpha value is -0.224. The summed E-state index contributed by atoms with van der Waals surface area (Å²) < 4.78 is 142. The molecule has 1 amide bonds. The van der Waals surface area contributed by atoms with Gasteiger partial charge in [-0.3, -0.25) is 9.59 Å². The molecule has 27 heavy (non-hydrogen) atoms. The van der Waals surface area contributed by atoms with Crippen LogP contribution >= 0.6 is 11.3 Å². The van der Waals surface area contributed by atoms with Crippen LogP contribution in [0.1, 0.15) is 78.9 Å². The van der Waals surface area contributed by atoms with Gasteiger partial charge in [0.15, 0.2) is 1.41 Å². The summed E-state index contributed by atoms with van der Waals surface area (Å²) in [4.78, 5) is 26.8. The maximum absolute atomic E-state index is 13.5. The van der Waals surface area contributed by atoms with Crippen LogP contribution in [0.3, 0.4) is 0 Å². The second kappa shape index (κ2) is 10.5. The zero-order valence-corrected chi connectivity index (χ0v) is 18.2. The summed E-state index contributed by atoms with van der Waals surface area (Å²) in [5, 5.41) is 14.3. The molecule has 0 atom stereocenters. The Morgan fingerprint density at radius 2 is 2.22 bits per heavy atom. The third-order valence-corrected chi connectivity index (χ3v) is 4.38. The number of piperidine rings is 1. The van der Waals surface area contributed by atoms with Crippen LogP contribution in [0.2, 0.25) is 1.41 Å². The number of aromatic nitrogens is 1. The first kappa shape index (κ1) is 8.49. The summed E-state index contributed by atoms with van der Waals surface area (Å²) in [6.45, 7) is -16.0. The van der Waals surface area contributed by atoms with Crippen molar-refractivity contribution in [2.24, 2.45) is 0 Å². The van der Waals surface area contributed by atoms with Gasteiger partial charge in [0.05, 0.1) is 12.5 Å². The van der Waals surface area contributed by atoms with E-state index in [0.717, 1.165) is 6.07 Å². The van der Waals surface area contributed by atoms with Crippen LogP contribution in [-0.2, 0) is 0 Å². The van der Waals surface area contributed by atoms with Crippen LogP contribution in [0.5, 0.6) is 5.75 Å². The molecule has 6 nitrogen and oxygen atoms in total. The summed E-state index contributed by atoms with van der Waals surface area (Å²) in [5.74, 6) is -2.96. The summed E-state index contributed by atoms with van der Waals surface area (Å²) in [6.07, 6.45) is -11.5. The number of carbonyl (C=O) groups excluding carboxylic acids is 1. The number of amides is 1. The molecule has 2 aromatic rings. The number of nitrogens with one attached hydrogen (secondary N) is 1. The Morgan fingerprint density at radius 1 is 1.48 bits per heavy atom. The molecular weight excluding hydrogens is 389 g/mol. The molecule has 0 bridgehead atoms. The summed E-state index contributed by atoms with van der Waals surface area (Å²) in [6, 6.07) is -2.66. The molecule has 0 saturated carbocycles. The predicted octanol–water partition coefficient (Wildman–Crippen LogP) is -0.673. The van der Waals surface area contributed by atoms with E-state index in [2.05, 4.69) is 0 Å². The van der Waals surface area contributed by atoms with Crippen molar-refractivity contribution >= 4 is 27.5 Å². The molecule has 1 saturated heterocycles. The largest absolute Gasteiger partial charge is 1.00 e. The van der Waals surface area contributed by atoms with E-state index >= 15 is 0 Å². The second-order valence-corrected chi connectivity index (χ2v) is 6.04. The third-order valence-electron chi connectivity index (χ3n) is 3.48. The molecule has 1 aliphatic heterocycles. The van der Waals surface area contributed by atoms with Gasteiger partial charge in [-0.1, -0.05) is 12.1 Å². The van der Waals surface area contributed by atoms with Crippen LogP contribution < -0.4 is 67.4 Å². The molecule has 0 spiro atoms. The van der Waals surface area contributed by atoms with Crippen molar-refractivity contribution < 1.29 is 86.0 Å². The van der Waals surface area contributed by atoms with Gasteiger partial charge in [0, 0.05) is 39.2 Å². The number of thiophene rings is 1. The molecule has 0 unspecified atom stereocenters. The minimum atomic E-state index is -3.69. The number of likely N-dealkylation sites (tertiary alicyclic amines) is 1. The van der Waals surface area contributed by atoms with E-state index < -0.39 is 104 Å². The Kier molecular flexibility index (Phi) is 3.31. The van der Waals surface area contributed by atoms with Gasteiger partial charge in [0.25, 0.3) is 11.5 Å². The van der Waals surface area contributed by atoms with Crippen molar-refractivity contribution in [3.63, 3.8) is 0 Å². The fourth-order valence-electron chi connectivity index (χ4n) is 2.34. The van der Waals surface area contributed by atoms with Crippen LogP contribution in [0.15, 0.2) is 16.2 Å². The molecule has 3 heterocycles. The number of carbonyl (C=O) groups is 1. The molecule has 8 heteroatoms. The van der Waals surface area contributed by atoms with Crippen molar-refractivity contribution in [1.82, 2.24) is 14.8 Å². The molecular formula is C19H26KN3O3S. The van der Waals surface area contributed by atoms with E-state index in [1.807, 2.05) is 0 Å². The van der Waals surface area contributed by atoms with E-state index in [1.165, 1.54) is 5.38 Å². The van der Waals surface area contributed by atoms with E-state index in [1.54, 1.807) is 0 Å². The SMILES string of the molecule is [2H]N(CCCN1C([2H])([2H])C([2H])([2H])C([2H])([2H])C([2H])([2H])C1([2H])[2H])C(=O)c1c([O-])c2sccc2n(C([2H])(C([2H])([2H])[2H])C([2H])([2H])[2H])c1=O.[K+]. The normalized spacial score (nSPS) is 35.6. The molecule has 2 aromatic heterocycles. The minimum absolute atomic E-state index is 0.